The summed E-state index contributed by atoms with van der Waals surface area (Å²) >= 11 is 0. The van der Waals surface area contributed by atoms with Gasteiger partial charge in [-0.15, -0.1) is 0 Å². The van der Waals surface area contributed by atoms with Gasteiger partial charge in [-0.3, -0.25) is 4.21 Å². The summed E-state index contributed by atoms with van der Waals surface area (Å²) in [6.45, 7) is 3.85. The molecule has 1 rings (SSSR count). The van der Waals surface area contributed by atoms with Crippen LogP contribution in [0.25, 0.3) is 0 Å². The van der Waals surface area contributed by atoms with E-state index in [0.717, 1.165) is 30.9 Å². The van der Waals surface area contributed by atoms with E-state index in [1.54, 1.807) is 6.92 Å². The zero-order chi connectivity index (χ0) is 11.3. The van der Waals surface area contributed by atoms with E-state index >= 15 is 0 Å². The first kappa shape index (κ1) is 12.9. The lowest BCUT2D eigenvalue weighted by Gasteiger charge is -2.25. The lowest BCUT2D eigenvalue weighted by atomic mass is 9.91. The molecule has 15 heavy (non-hydrogen) atoms. The standard InChI is InChI=1S/C12H22O2S/c1-10-5-3-7-12(9-10)15(14)8-4-6-11(2)13/h10,12H,3-9H2,1-2H3. The molecular weight excluding hydrogens is 208 g/mol. The van der Waals surface area contributed by atoms with E-state index in [-0.39, 0.29) is 5.78 Å². The van der Waals surface area contributed by atoms with Crippen LogP contribution in [-0.2, 0) is 15.6 Å². The molecule has 3 unspecified atom stereocenters. The van der Waals surface area contributed by atoms with Crippen molar-refractivity contribution in [3.05, 3.63) is 0 Å². The Hall–Kier alpha value is -0.180. The molecule has 0 aliphatic heterocycles. The lowest BCUT2D eigenvalue weighted by molar-refractivity contribution is -0.117. The van der Waals surface area contributed by atoms with Gasteiger partial charge in [0.05, 0.1) is 0 Å². The Kier molecular flexibility index (Phi) is 5.51. The molecule has 0 bridgehead atoms. The molecule has 1 saturated carbocycles. The fraction of sp³-hybridized carbons (Fsp3) is 0.917. The van der Waals surface area contributed by atoms with Gasteiger partial charge in [0, 0.05) is 28.2 Å². The second kappa shape index (κ2) is 6.41. The van der Waals surface area contributed by atoms with Crippen molar-refractivity contribution in [2.24, 2.45) is 5.92 Å². The van der Waals surface area contributed by atoms with Crippen molar-refractivity contribution < 1.29 is 9.00 Å². The first-order valence-electron chi connectivity index (χ1n) is 5.96. The van der Waals surface area contributed by atoms with E-state index in [0.29, 0.717) is 11.7 Å². The Labute approximate surface area is 95.3 Å². The molecule has 1 aliphatic carbocycles. The minimum absolute atomic E-state index is 0.212. The van der Waals surface area contributed by atoms with Gasteiger partial charge in [0.1, 0.15) is 5.78 Å². The number of ketones is 1. The molecule has 0 aromatic heterocycles. The summed E-state index contributed by atoms with van der Waals surface area (Å²) in [5, 5.41) is 0.403. The Bertz CT molecular complexity index is 238. The highest BCUT2D eigenvalue weighted by Gasteiger charge is 2.23. The summed E-state index contributed by atoms with van der Waals surface area (Å²) in [4.78, 5) is 10.8. The van der Waals surface area contributed by atoms with E-state index in [4.69, 9.17) is 0 Å². The van der Waals surface area contributed by atoms with E-state index < -0.39 is 10.8 Å². The summed E-state index contributed by atoms with van der Waals surface area (Å²) in [6.07, 6.45) is 6.15. The smallest absolute Gasteiger partial charge is 0.129 e. The van der Waals surface area contributed by atoms with Crippen LogP contribution >= 0.6 is 0 Å². The summed E-state index contributed by atoms with van der Waals surface area (Å²) < 4.78 is 11.9. The number of Topliss-reactive ketones (excluding diaryl/α,β-unsaturated/α-hetero) is 1. The number of carbonyl (C=O) groups is 1. The summed E-state index contributed by atoms with van der Waals surface area (Å²) in [7, 11) is -0.696. The van der Waals surface area contributed by atoms with Gasteiger partial charge >= 0.3 is 0 Å². The van der Waals surface area contributed by atoms with Gasteiger partial charge in [-0.2, -0.15) is 0 Å². The average Bonchev–Trinajstić information content (AvgIpc) is 2.17. The van der Waals surface area contributed by atoms with Gasteiger partial charge in [-0.1, -0.05) is 19.8 Å². The zero-order valence-corrected chi connectivity index (χ0v) is 10.6. The third-order valence-electron chi connectivity index (χ3n) is 3.13. The molecule has 0 heterocycles. The highest BCUT2D eigenvalue weighted by Crippen LogP contribution is 2.27. The SMILES string of the molecule is CC(=O)CCCS(=O)C1CCCC(C)C1. The first-order chi connectivity index (χ1) is 7.09. The molecule has 0 radical (unpaired) electrons. The minimum Gasteiger partial charge on any atom is -0.300 e. The number of hydrogen-bond donors (Lipinski definition) is 0. The second-order valence-electron chi connectivity index (χ2n) is 4.78. The van der Waals surface area contributed by atoms with Gasteiger partial charge in [0.2, 0.25) is 0 Å². The van der Waals surface area contributed by atoms with Crippen molar-refractivity contribution in [1.82, 2.24) is 0 Å². The monoisotopic (exact) mass is 230 g/mol. The molecule has 2 nitrogen and oxygen atoms in total. The van der Waals surface area contributed by atoms with Crippen LogP contribution in [-0.4, -0.2) is 21.0 Å². The van der Waals surface area contributed by atoms with Crippen molar-refractivity contribution >= 4 is 16.6 Å². The quantitative estimate of drug-likeness (QED) is 0.727. The van der Waals surface area contributed by atoms with E-state index in [1.165, 1.54) is 12.8 Å². The topological polar surface area (TPSA) is 34.1 Å². The fourth-order valence-corrected chi connectivity index (χ4v) is 3.98. The molecule has 0 spiro atoms. The molecule has 0 N–H and O–H groups in total. The largest absolute Gasteiger partial charge is 0.300 e. The van der Waals surface area contributed by atoms with E-state index in [1.807, 2.05) is 0 Å². The molecule has 0 aromatic carbocycles. The predicted octanol–water partition coefficient (Wildman–Crippen LogP) is 2.68. The molecule has 3 atom stereocenters. The van der Waals surface area contributed by atoms with Crippen molar-refractivity contribution in [3.63, 3.8) is 0 Å². The highest BCUT2D eigenvalue weighted by atomic mass is 32.2. The van der Waals surface area contributed by atoms with Crippen molar-refractivity contribution in [1.29, 1.82) is 0 Å². The minimum atomic E-state index is -0.696. The fourth-order valence-electron chi connectivity index (χ4n) is 2.25. The molecule has 1 aliphatic rings. The average molecular weight is 230 g/mol. The Morgan fingerprint density at radius 1 is 1.40 bits per heavy atom. The zero-order valence-electron chi connectivity index (χ0n) is 9.83. The van der Waals surface area contributed by atoms with Crippen LogP contribution in [0.15, 0.2) is 0 Å². The van der Waals surface area contributed by atoms with Crippen molar-refractivity contribution in [2.45, 2.75) is 57.6 Å². The van der Waals surface area contributed by atoms with Crippen LogP contribution in [0.3, 0.4) is 0 Å². The van der Waals surface area contributed by atoms with Gasteiger partial charge in [0.25, 0.3) is 0 Å². The van der Waals surface area contributed by atoms with E-state index in [2.05, 4.69) is 6.92 Å². The number of rotatable bonds is 5. The molecule has 3 heteroatoms. The maximum atomic E-state index is 11.9. The Balaban J connectivity index is 2.24. The summed E-state index contributed by atoms with van der Waals surface area (Å²) in [6, 6.07) is 0. The van der Waals surface area contributed by atoms with Crippen molar-refractivity contribution in [3.8, 4) is 0 Å². The van der Waals surface area contributed by atoms with Crippen LogP contribution in [0.2, 0.25) is 0 Å². The number of carbonyl (C=O) groups excluding carboxylic acids is 1. The number of hydrogen-bond acceptors (Lipinski definition) is 2. The molecule has 0 aromatic rings. The van der Waals surface area contributed by atoms with Crippen LogP contribution in [0.5, 0.6) is 0 Å². The van der Waals surface area contributed by atoms with Crippen LogP contribution in [0.1, 0.15) is 52.4 Å². The maximum Gasteiger partial charge on any atom is 0.129 e. The predicted molar refractivity (Wildman–Crippen MR) is 64.3 cm³/mol. The Morgan fingerprint density at radius 2 is 2.13 bits per heavy atom. The van der Waals surface area contributed by atoms with Crippen LogP contribution < -0.4 is 0 Å². The normalized spacial score (nSPS) is 28.7. The van der Waals surface area contributed by atoms with E-state index in [9.17, 15) is 9.00 Å². The third-order valence-corrected chi connectivity index (χ3v) is 5.00. The molecule has 1 fully saturated rings. The second-order valence-corrected chi connectivity index (χ2v) is 6.62. The summed E-state index contributed by atoms with van der Waals surface area (Å²) in [5.74, 6) is 1.67. The van der Waals surface area contributed by atoms with Crippen LogP contribution in [0, 0.1) is 5.92 Å². The maximum absolute atomic E-state index is 11.9. The molecule has 88 valence electrons. The first-order valence-corrected chi connectivity index (χ1v) is 7.34. The van der Waals surface area contributed by atoms with Gasteiger partial charge in [-0.05, 0) is 32.1 Å². The third kappa shape index (κ3) is 4.92. The molecule has 0 saturated heterocycles. The molecule has 0 amide bonds. The highest BCUT2D eigenvalue weighted by molar-refractivity contribution is 7.85. The van der Waals surface area contributed by atoms with Gasteiger partial charge in [0.15, 0.2) is 0 Å². The van der Waals surface area contributed by atoms with Crippen molar-refractivity contribution in [2.75, 3.05) is 5.75 Å². The summed E-state index contributed by atoms with van der Waals surface area (Å²) in [5.41, 5.74) is 0. The van der Waals surface area contributed by atoms with Gasteiger partial charge in [-0.25, -0.2) is 0 Å². The lowest BCUT2D eigenvalue weighted by Crippen LogP contribution is -2.24. The van der Waals surface area contributed by atoms with Gasteiger partial charge < -0.3 is 4.79 Å². The van der Waals surface area contributed by atoms with Crippen LogP contribution in [0.4, 0.5) is 0 Å². The molecular formula is C12H22O2S. The Morgan fingerprint density at radius 3 is 2.73 bits per heavy atom.